The molecule has 0 aromatic carbocycles. The van der Waals surface area contributed by atoms with Crippen LogP contribution in [0.2, 0.25) is 0 Å². The van der Waals surface area contributed by atoms with Gasteiger partial charge in [0.25, 0.3) is 0 Å². The van der Waals surface area contributed by atoms with E-state index < -0.39 is 29.8 Å². The fraction of sp³-hybridized carbons (Fsp3) is 0.900. The summed E-state index contributed by atoms with van der Waals surface area (Å²) in [6, 6.07) is 0. The maximum absolute atomic E-state index is 10.0. The third-order valence-electron chi connectivity index (χ3n) is 9.04. The van der Waals surface area contributed by atoms with Gasteiger partial charge in [-0.15, -0.1) is 0 Å². The fourth-order valence-electron chi connectivity index (χ4n) is 5.51. The summed E-state index contributed by atoms with van der Waals surface area (Å²) in [5.41, 5.74) is 1.88. The molecule has 0 aliphatic heterocycles. The van der Waals surface area contributed by atoms with Crippen molar-refractivity contribution in [3.63, 3.8) is 0 Å². The number of aliphatic carboxylic acids is 5. The van der Waals surface area contributed by atoms with Gasteiger partial charge in [0.1, 0.15) is 0 Å². The van der Waals surface area contributed by atoms with Crippen molar-refractivity contribution in [3.05, 3.63) is 0 Å². The van der Waals surface area contributed by atoms with Crippen molar-refractivity contribution in [2.24, 2.45) is 27.1 Å². The number of carbonyl (C=O) groups excluding carboxylic acids is 5. The van der Waals surface area contributed by atoms with Gasteiger partial charge in [-0.25, -0.2) is 0 Å². The van der Waals surface area contributed by atoms with Crippen LogP contribution in [0.5, 0.6) is 0 Å². The van der Waals surface area contributed by atoms with E-state index in [1.165, 1.54) is 32.1 Å². The summed E-state index contributed by atoms with van der Waals surface area (Å²) < 4.78 is 0. The Balaban J connectivity index is -0.000000154. The fourth-order valence-corrected chi connectivity index (χ4v) is 5.51. The number of unbranched alkanes of at least 4 members (excludes halogenated alkanes) is 10. The van der Waals surface area contributed by atoms with E-state index in [1.54, 1.807) is 0 Å². The Morgan fingerprint density at radius 1 is 0.246 bits per heavy atom. The molecule has 0 heterocycles. The van der Waals surface area contributed by atoms with Crippen LogP contribution in [0.3, 0.4) is 0 Å². The predicted molar refractivity (Wildman–Crippen MR) is 243 cm³/mol. The van der Waals surface area contributed by atoms with Crippen molar-refractivity contribution < 1.29 is 49.5 Å². The van der Waals surface area contributed by atoms with Crippen molar-refractivity contribution in [2.75, 3.05) is 0 Å². The van der Waals surface area contributed by atoms with Gasteiger partial charge in [0.15, 0.2) is 0 Å². The number of hydrogen-bond acceptors (Lipinski definition) is 10. The van der Waals surface area contributed by atoms with Crippen LogP contribution < -0.4 is 25.5 Å². The van der Waals surface area contributed by atoms with Crippen molar-refractivity contribution >= 4 is 56.0 Å². The summed E-state index contributed by atoms with van der Waals surface area (Å²) in [5, 5.41) is 50.2. The first-order valence-corrected chi connectivity index (χ1v) is 23.1. The van der Waals surface area contributed by atoms with Crippen LogP contribution in [0.1, 0.15) is 264 Å². The molecule has 0 aromatic rings. The van der Waals surface area contributed by atoms with Crippen molar-refractivity contribution in [1.82, 2.24) is 0 Å². The molecule has 0 aromatic heterocycles. The molecule has 11 heteroatoms. The molecular formula is C50H95BiO10. The van der Waals surface area contributed by atoms with E-state index >= 15 is 0 Å². The normalized spacial score (nSPS) is 11.4. The SMILES string of the molecule is CC(C)(C)CCCCCC(=O)[O-].CC(C)(C)CCCCCC(=O)[O-].CC(C)(C)CCCCCC(=O)[O-].CC(C)(C)CCCCCC(=O)[O-].CC(C)(C)CCCCCC(=O)[O-].[Bi+5]. The minimum absolute atomic E-state index is 0. The molecule has 10 nitrogen and oxygen atoms in total. The molecule has 0 radical (unpaired) electrons. The van der Waals surface area contributed by atoms with Crippen LogP contribution in [-0.2, 0) is 24.0 Å². The monoisotopic (exact) mass is 1060 g/mol. The second kappa shape index (κ2) is 41.0. The molecule has 0 fully saturated rings. The molecule has 0 bridgehead atoms. The Morgan fingerprint density at radius 2 is 0.361 bits per heavy atom. The second-order valence-corrected chi connectivity index (χ2v) is 22.5. The van der Waals surface area contributed by atoms with Gasteiger partial charge in [-0.05, 0) is 123 Å². The summed E-state index contributed by atoms with van der Waals surface area (Å²) in [7, 11) is 0. The zero-order valence-electron chi connectivity index (χ0n) is 42.2. The minimum atomic E-state index is -0.925. The van der Waals surface area contributed by atoms with E-state index in [-0.39, 0.29) is 58.3 Å². The van der Waals surface area contributed by atoms with E-state index in [1.807, 2.05) is 0 Å². The molecule has 0 N–H and O–H groups in total. The first-order valence-electron chi connectivity index (χ1n) is 23.1. The number of rotatable bonds is 25. The topological polar surface area (TPSA) is 201 Å². The molecule has 360 valence electrons. The molecule has 61 heavy (non-hydrogen) atoms. The van der Waals surface area contributed by atoms with Gasteiger partial charge < -0.3 is 49.5 Å². The quantitative estimate of drug-likeness (QED) is 0.0633. The smallest absolute Gasteiger partial charge is 0.550 e. The number of carboxylic acids is 5. The molecule has 0 saturated carbocycles. The van der Waals surface area contributed by atoms with Crippen LogP contribution >= 0.6 is 0 Å². The molecule has 0 saturated heterocycles. The van der Waals surface area contributed by atoms with Crippen molar-refractivity contribution in [1.29, 1.82) is 0 Å². The maximum Gasteiger partial charge on any atom is 5.00 e. The Kier molecular flexibility index (Phi) is 47.6. The van der Waals surface area contributed by atoms with E-state index in [0.29, 0.717) is 27.1 Å². The molecule has 0 amide bonds. The molecule has 0 atom stereocenters. The average molecular weight is 1070 g/mol. The zero-order valence-corrected chi connectivity index (χ0v) is 45.7. The van der Waals surface area contributed by atoms with Crippen molar-refractivity contribution in [2.45, 2.75) is 264 Å². The summed E-state index contributed by atoms with van der Waals surface area (Å²) >= 11 is 0. The van der Waals surface area contributed by atoms with Gasteiger partial charge in [-0.1, -0.05) is 168 Å². The summed E-state index contributed by atoms with van der Waals surface area (Å²) in [5.74, 6) is -4.63. The number of carboxylic acid groups (broad SMARTS) is 5. The van der Waals surface area contributed by atoms with Gasteiger partial charge in [-0.3, -0.25) is 0 Å². The van der Waals surface area contributed by atoms with Crippen LogP contribution in [0.25, 0.3) is 0 Å². The minimum Gasteiger partial charge on any atom is -0.550 e. The summed E-state index contributed by atoms with van der Waals surface area (Å²) in [6.07, 6.45) is 21.3. The second-order valence-electron chi connectivity index (χ2n) is 22.5. The number of hydrogen-bond donors (Lipinski definition) is 0. The van der Waals surface area contributed by atoms with Crippen LogP contribution in [-0.4, -0.2) is 56.0 Å². The molecule has 0 aliphatic carbocycles. The summed E-state index contributed by atoms with van der Waals surface area (Å²) in [6.45, 7) is 33.0. The van der Waals surface area contributed by atoms with Crippen LogP contribution in [0.4, 0.5) is 0 Å². The van der Waals surface area contributed by atoms with E-state index in [4.69, 9.17) is 0 Å². The largest absolute Gasteiger partial charge is 5.00 e. The predicted octanol–water partition coefficient (Wildman–Crippen LogP) is 8.28. The molecular weight excluding hydrogens is 970 g/mol. The summed E-state index contributed by atoms with van der Waals surface area (Å²) in [4.78, 5) is 50.2. The van der Waals surface area contributed by atoms with Crippen molar-refractivity contribution in [3.8, 4) is 0 Å². The number of carbonyl (C=O) groups is 5. The molecule has 0 spiro atoms. The average Bonchev–Trinajstić information content (AvgIpc) is 3.02. The first kappa shape index (κ1) is 70.9. The third-order valence-corrected chi connectivity index (χ3v) is 9.04. The van der Waals surface area contributed by atoms with Gasteiger partial charge in [0, 0.05) is 29.8 Å². The van der Waals surface area contributed by atoms with E-state index in [9.17, 15) is 49.5 Å². The standard InChI is InChI=1S/5C10H20O2.Bi/c5*1-10(2,3)8-6-4-5-7-9(11)12;/h5*4-8H2,1-3H3,(H,11,12);/q;;;;;+5/p-5. The molecule has 0 unspecified atom stereocenters. The Labute approximate surface area is 395 Å². The van der Waals surface area contributed by atoms with E-state index in [0.717, 1.165) is 96.3 Å². The Morgan fingerprint density at radius 3 is 0.443 bits per heavy atom. The van der Waals surface area contributed by atoms with Gasteiger partial charge in [0.05, 0.1) is 0 Å². The third kappa shape index (κ3) is 98.5. The molecule has 0 rings (SSSR count). The molecule has 0 aliphatic rings. The van der Waals surface area contributed by atoms with Crippen LogP contribution in [0, 0.1) is 27.1 Å². The maximum atomic E-state index is 10.0. The van der Waals surface area contributed by atoms with Crippen LogP contribution in [0.15, 0.2) is 0 Å². The van der Waals surface area contributed by atoms with E-state index in [2.05, 4.69) is 104 Å². The van der Waals surface area contributed by atoms with Gasteiger partial charge in [-0.2, -0.15) is 0 Å². The first-order chi connectivity index (χ1) is 27.1. The van der Waals surface area contributed by atoms with Gasteiger partial charge >= 0.3 is 26.2 Å². The Bertz CT molecular complexity index is 871. The zero-order chi connectivity index (χ0) is 48.1. The van der Waals surface area contributed by atoms with Gasteiger partial charge in [0.2, 0.25) is 0 Å². The Hall–Kier alpha value is -1.77.